The van der Waals surface area contributed by atoms with E-state index >= 15 is 0 Å². The summed E-state index contributed by atoms with van der Waals surface area (Å²) in [6, 6.07) is 3.27. The standard InChI is InChI=1S/C15H19F3N2O6S/c1-14(2,3)25-13(22)20-11(12(19)21)8-9-4-6-10(7-5-9)26-27(23,24)15(16,17)18/h4-7,11H,8H2,1-3H3,(H2,19,21)(H,20,22). The first kappa shape index (κ1) is 22.5. The summed E-state index contributed by atoms with van der Waals surface area (Å²) in [7, 11) is -5.78. The van der Waals surface area contributed by atoms with E-state index in [-0.39, 0.29) is 6.42 Å². The van der Waals surface area contributed by atoms with Crippen LogP contribution in [0.2, 0.25) is 0 Å². The second-order valence-electron chi connectivity index (χ2n) is 6.43. The van der Waals surface area contributed by atoms with Crippen molar-refractivity contribution < 1.29 is 40.1 Å². The maximum Gasteiger partial charge on any atom is 0.534 e. The molecule has 8 nitrogen and oxygen atoms in total. The van der Waals surface area contributed by atoms with Crippen molar-refractivity contribution in [3.8, 4) is 5.75 Å². The number of carbonyl (C=O) groups excluding carboxylic acids is 2. The Balaban J connectivity index is 2.82. The van der Waals surface area contributed by atoms with Gasteiger partial charge < -0.3 is 20.0 Å². The van der Waals surface area contributed by atoms with Crippen molar-refractivity contribution in [3.05, 3.63) is 29.8 Å². The Hall–Kier alpha value is -2.50. The van der Waals surface area contributed by atoms with Gasteiger partial charge in [0.25, 0.3) is 0 Å². The predicted molar refractivity (Wildman–Crippen MR) is 88.1 cm³/mol. The van der Waals surface area contributed by atoms with Gasteiger partial charge in [0.15, 0.2) is 0 Å². The van der Waals surface area contributed by atoms with Crippen LogP contribution in [0.15, 0.2) is 24.3 Å². The molecule has 1 aromatic rings. The number of alkyl carbamates (subject to hydrolysis) is 1. The van der Waals surface area contributed by atoms with Crippen molar-refractivity contribution in [2.75, 3.05) is 0 Å². The number of nitrogens with two attached hydrogens (primary N) is 1. The van der Waals surface area contributed by atoms with E-state index in [1.807, 2.05) is 0 Å². The third kappa shape index (κ3) is 7.33. The first-order valence-electron chi connectivity index (χ1n) is 7.49. The van der Waals surface area contributed by atoms with Gasteiger partial charge in [-0.05, 0) is 38.5 Å². The van der Waals surface area contributed by atoms with Crippen molar-refractivity contribution in [1.82, 2.24) is 5.32 Å². The molecule has 1 atom stereocenters. The van der Waals surface area contributed by atoms with Gasteiger partial charge in [0.05, 0.1) is 0 Å². The van der Waals surface area contributed by atoms with Crippen LogP contribution in [0, 0.1) is 0 Å². The molecule has 27 heavy (non-hydrogen) atoms. The molecule has 0 aliphatic heterocycles. The SMILES string of the molecule is CC(C)(C)OC(=O)NC(Cc1ccc(OS(=O)(=O)C(F)(F)F)cc1)C(N)=O. The molecule has 0 radical (unpaired) electrons. The number of primary amides is 1. The third-order valence-corrected chi connectivity index (χ3v) is 3.87. The maximum atomic E-state index is 12.3. The first-order chi connectivity index (χ1) is 12.1. The molecule has 0 saturated heterocycles. The molecule has 0 spiro atoms. The summed E-state index contributed by atoms with van der Waals surface area (Å²) in [5.41, 5.74) is -0.751. The van der Waals surface area contributed by atoms with Gasteiger partial charge in [0.2, 0.25) is 5.91 Å². The average Bonchev–Trinajstić information content (AvgIpc) is 2.45. The van der Waals surface area contributed by atoms with Crippen molar-refractivity contribution in [3.63, 3.8) is 0 Å². The van der Waals surface area contributed by atoms with Gasteiger partial charge in [-0.15, -0.1) is 0 Å². The van der Waals surface area contributed by atoms with Crippen molar-refractivity contribution >= 4 is 22.1 Å². The van der Waals surface area contributed by atoms with Crippen molar-refractivity contribution in [1.29, 1.82) is 0 Å². The minimum absolute atomic E-state index is 0.0964. The number of benzene rings is 1. The van der Waals surface area contributed by atoms with Crippen molar-refractivity contribution in [2.24, 2.45) is 5.73 Å². The molecule has 3 N–H and O–H groups in total. The molecule has 1 aromatic carbocycles. The van der Waals surface area contributed by atoms with E-state index in [1.165, 1.54) is 12.1 Å². The fraction of sp³-hybridized carbons (Fsp3) is 0.467. The molecular formula is C15H19F3N2O6S. The summed E-state index contributed by atoms with van der Waals surface area (Å²) in [5, 5.41) is 2.28. The minimum Gasteiger partial charge on any atom is -0.444 e. The second-order valence-corrected chi connectivity index (χ2v) is 7.97. The Morgan fingerprint density at radius 1 is 1.15 bits per heavy atom. The molecule has 0 saturated carbocycles. The number of hydrogen-bond donors (Lipinski definition) is 2. The maximum absolute atomic E-state index is 12.3. The van der Waals surface area contributed by atoms with Gasteiger partial charge in [0.1, 0.15) is 17.4 Å². The van der Waals surface area contributed by atoms with Crippen LogP contribution >= 0.6 is 0 Å². The van der Waals surface area contributed by atoms with Gasteiger partial charge in [-0.2, -0.15) is 21.6 Å². The molecule has 0 fully saturated rings. The molecule has 0 bridgehead atoms. The fourth-order valence-corrected chi connectivity index (χ4v) is 2.22. The van der Waals surface area contributed by atoms with Crippen LogP contribution in [-0.2, 0) is 26.1 Å². The number of halogens is 3. The third-order valence-electron chi connectivity index (χ3n) is 2.89. The number of rotatable bonds is 6. The molecule has 0 aromatic heterocycles. The predicted octanol–water partition coefficient (Wildman–Crippen LogP) is 1.84. The highest BCUT2D eigenvalue weighted by Gasteiger charge is 2.48. The zero-order valence-corrected chi connectivity index (χ0v) is 15.5. The van der Waals surface area contributed by atoms with Crippen LogP contribution in [0.3, 0.4) is 0 Å². The van der Waals surface area contributed by atoms with Crippen LogP contribution in [0.25, 0.3) is 0 Å². The summed E-state index contributed by atoms with van der Waals surface area (Å²) >= 11 is 0. The Morgan fingerprint density at radius 3 is 2.07 bits per heavy atom. The summed E-state index contributed by atoms with van der Waals surface area (Å²) in [6.07, 6.45) is -0.969. The lowest BCUT2D eigenvalue weighted by molar-refractivity contribution is -0.120. The fourth-order valence-electron chi connectivity index (χ4n) is 1.76. The van der Waals surface area contributed by atoms with E-state index in [4.69, 9.17) is 10.5 Å². The Bertz CT molecular complexity index is 785. The van der Waals surface area contributed by atoms with Gasteiger partial charge >= 0.3 is 21.7 Å². The number of carbonyl (C=O) groups is 2. The minimum atomic E-state index is -5.78. The lowest BCUT2D eigenvalue weighted by Gasteiger charge is -2.22. The quantitative estimate of drug-likeness (QED) is 0.543. The van der Waals surface area contributed by atoms with E-state index in [2.05, 4.69) is 9.50 Å². The zero-order valence-electron chi connectivity index (χ0n) is 14.7. The summed E-state index contributed by atoms with van der Waals surface area (Å²) < 4.78 is 67.7. The van der Waals surface area contributed by atoms with E-state index in [0.29, 0.717) is 5.56 Å². The number of amides is 2. The van der Waals surface area contributed by atoms with Gasteiger partial charge in [-0.25, -0.2) is 4.79 Å². The smallest absolute Gasteiger partial charge is 0.444 e. The second kappa shape index (κ2) is 8.03. The Labute approximate surface area is 153 Å². The molecule has 1 unspecified atom stereocenters. The van der Waals surface area contributed by atoms with Crippen LogP contribution in [0.5, 0.6) is 5.75 Å². The average molecular weight is 412 g/mol. The lowest BCUT2D eigenvalue weighted by Crippen LogP contribution is -2.47. The van der Waals surface area contributed by atoms with E-state index in [1.54, 1.807) is 20.8 Å². The molecule has 12 heteroatoms. The van der Waals surface area contributed by atoms with E-state index in [0.717, 1.165) is 12.1 Å². The largest absolute Gasteiger partial charge is 0.534 e. The molecular weight excluding hydrogens is 393 g/mol. The van der Waals surface area contributed by atoms with E-state index in [9.17, 15) is 31.2 Å². The number of nitrogens with one attached hydrogen (secondary N) is 1. The van der Waals surface area contributed by atoms with Crippen LogP contribution in [-0.4, -0.2) is 37.6 Å². The molecule has 0 heterocycles. The molecule has 1 rings (SSSR count). The molecule has 0 aliphatic carbocycles. The first-order valence-corrected chi connectivity index (χ1v) is 8.90. The number of hydrogen-bond acceptors (Lipinski definition) is 6. The highest BCUT2D eigenvalue weighted by atomic mass is 32.2. The lowest BCUT2D eigenvalue weighted by atomic mass is 10.1. The van der Waals surface area contributed by atoms with E-state index < -0.39 is 45.0 Å². The molecule has 152 valence electrons. The van der Waals surface area contributed by atoms with Crippen LogP contribution < -0.4 is 15.2 Å². The Morgan fingerprint density at radius 2 is 1.67 bits per heavy atom. The number of ether oxygens (including phenoxy) is 1. The molecule has 0 aliphatic rings. The van der Waals surface area contributed by atoms with Gasteiger partial charge in [0, 0.05) is 6.42 Å². The number of alkyl halides is 3. The topological polar surface area (TPSA) is 125 Å². The van der Waals surface area contributed by atoms with Crippen molar-refractivity contribution in [2.45, 2.75) is 44.3 Å². The van der Waals surface area contributed by atoms with Crippen LogP contribution in [0.4, 0.5) is 18.0 Å². The summed E-state index contributed by atoms with van der Waals surface area (Å²) in [6.45, 7) is 4.87. The highest BCUT2D eigenvalue weighted by Crippen LogP contribution is 2.27. The van der Waals surface area contributed by atoms with Gasteiger partial charge in [-0.1, -0.05) is 12.1 Å². The normalized spacial score (nSPS) is 13.6. The van der Waals surface area contributed by atoms with Gasteiger partial charge in [-0.3, -0.25) is 4.79 Å². The van der Waals surface area contributed by atoms with Crippen LogP contribution in [0.1, 0.15) is 26.3 Å². The molecule has 2 amide bonds. The monoisotopic (exact) mass is 412 g/mol. The zero-order chi connectivity index (χ0) is 21.0. The summed E-state index contributed by atoms with van der Waals surface area (Å²) in [4.78, 5) is 23.2. The summed E-state index contributed by atoms with van der Waals surface area (Å²) in [5.74, 6) is -1.42. The Kier molecular flexibility index (Phi) is 6.70. The highest BCUT2D eigenvalue weighted by molar-refractivity contribution is 7.88.